The highest BCUT2D eigenvalue weighted by molar-refractivity contribution is 6.08. The van der Waals surface area contributed by atoms with E-state index in [1.54, 1.807) is 0 Å². The van der Waals surface area contributed by atoms with E-state index >= 15 is 0 Å². The summed E-state index contributed by atoms with van der Waals surface area (Å²) in [7, 11) is 0. The fourth-order valence-corrected chi connectivity index (χ4v) is 3.14. The van der Waals surface area contributed by atoms with Crippen LogP contribution in [0.4, 0.5) is 0 Å². The van der Waals surface area contributed by atoms with Crippen molar-refractivity contribution < 1.29 is 4.79 Å². The molecule has 0 N–H and O–H groups in total. The molecule has 21 heavy (non-hydrogen) atoms. The molecule has 1 fully saturated rings. The molecule has 3 aromatic rings. The predicted molar refractivity (Wildman–Crippen MR) is 85.6 cm³/mol. The van der Waals surface area contributed by atoms with Crippen LogP contribution in [0.25, 0.3) is 10.8 Å². The molecule has 0 spiro atoms. The van der Waals surface area contributed by atoms with Gasteiger partial charge in [0.1, 0.15) is 0 Å². The van der Waals surface area contributed by atoms with E-state index < -0.39 is 0 Å². The first-order valence-electron chi connectivity index (χ1n) is 7.39. The second-order valence-corrected chi connectivity index (χ2v) is 5.84. The molecular formula is C20H16O. The quantitative estimate of drug-likeness (QED) is 0.628. The van der Waals surface area contributed by atoms with Crippen LogP contribution in [0.5, 0.6) is 0 Å². The third-order valence-corrected chi connectivity index (χ3v) is 4.52. The van der Waals surface area contributed by atoms with Gasteiger partial charge in [-0.1, -0.05) is 66.7 Å². The van der Waals surface area contributed by atoms with Gasteiger partial charge in [-0.05, 0) is 35.2 Å². The van der Waals surface area contributed by atoms with Gasteiger partial charge < -0.3 is 0 Å². The minimum Gasteiger partial charge on any atom is -0.293 e. The van der Waals surface area contributed by atoms with E-state index in [1.165, 1.54) is 5.39 Å². The Hall–Kier alpha value is -2.41. The highest BCUT2D eigenvalue weighted by Gasteiger charge is 2.50. The van der Waals surface area contributed by atoms with Gasteiger partial charge in [-0.3, -0.25) is 4.79 Å². The number of ketones is 1. The zero-order valence-corrected chi connectivity index (χ0v) is 11.8. The van der Waals surface area contributed by atoms with Gasteiger partial charge in [-0.25, -0.2) is 0 Å². The molecule has 0 radical (unpaired) electrons. The summed E-state index contributed by atoms with van der Waals surface area (Å²) in [6.07, 6.45) is 1.92. The maximum absolute atomic E-state index is 13.0. The van der Waals surface area contributed by atoms with Crippen molar-refractivity contribution in [2.75, 3.05) is 0 Å². The minimum absolute atomic E-state index is 0.263. The third-order valence-electron chi connectivity index (χ3n) is 4.52. The van der Waals surface area contributed by atoms with Crippen LogP contribution in [0.2, 0.25) is 0 Å². The predicted octanol–water partition coefficient (Wildman–Crippen LogP) is 4.75. The van der Waals surface area contributed by atoms with Crippen LogP contribution in [0, 0.1) is 0 Å². The normalized spacial score (nSPS) is 15.8. The molecular weight excluding hydrogens is 256 g/mol. The van der Waals surface area contributed by atoms with Gasteiger partial charge in [0.25, 0.3) is 0 Å². The van der Waals surface area contributed by atoms with Crippen molar-refractivity contribution in [2.45, 2.75) is 18.3 Å². The first kappa shape index (κ1) is 12.3. The Morgan fingerprint density at radius 1 is 0.762 bits per heavy atom. The van der Waals surface area contributed by atoms with Crippen LogP contribution in [0.1, 0.15) is 28.8 Å². The van der Waals surface area contributed by atoms with Gasteiger partial charge in [0.05, 0.1) is 5.41 Å². The summed E-state index contributed by atoms with van der Waals surface area (Å²) < 4.78 is 0. The Bertz CT molecular complexity index is 813. The lowest BCUT2D eigenvalue weighted by atomic mass is 9.87. The van der Waals surface area contributed by atoms with Crippen molar-refractivity contribution in [2.24, 2.45) is 0 Å². The summed E-state index contributed by atoms with van der Waals surface area (Å²) in [4.78, 5) is 13.0. The van der Waals surface area contributed by atoms with Gasteiger partial charge in [-0.15, -0.1) is 0 Å². The number of carbonyl (C=O) groups is 1. The van der Waals surface area contributed by atoms with E-state index in [-0.39, 0.29) is 11.2 Å². The first-order valence-corrected chi connectivity index (χ1v) is 7.39. The Balaban J connectivity index is 1.77. The van der Waals surface area contributed by atoms with E-state index in [0.717, 1.165) is 29.4 Å². The summed E-state index contributed by atoms with van der Waals surface area (Å²) in [5.74, 6) is 0.263. The molecule has 0 saturated heterocycles. The van der Waals surface area contributed by atoms with Crippen molar-refractivity contribution in [3.8, 4) is 0 Å². The van der Waals surface area contributed by atoms with Crippen LogP contribution in [-0.2, 0) is 5.41 Å². The van der Waals surface area contributed by atoms with Crippen molar-refractivity contribution in [1.29, 1.82) is 0 Å². The van der Waals surface area contributed by atoms with Crippen molar-refractivity contribution >= 4 is 16.6 Å². The standard InChI is InChI=1S/C20H16O/c21-19(20(12-13-20)18-8-2-1-3-9-18)17-11-10-15-6-4-5-7-16(15)14-17/h1-11,14H,12-13H2. The van der Waals surface area contributed by atoms with E-state index in [9.17, 15) is 4.79 Å². The molecule has 1 aliphatic carbocycles. The molecule has 1 aliphatic rings. The largest absolute Gasteiger partial charge is 0.293 e. The van der Waals surface area contributed by atoms with Crippen LogP contribution in [0.15, 0.2) is 72.8 Å². The molecule has 0 heterocycles. The summed E-state index contributed by atoms with van der Waals surface area (Å²) in [6, 6.07) is 24.4. The van der Waals surface area contributed by atoms with E-state index in [2.05, 4.69) is 24.3 Å². The molecule has 0 aromatic heterocycles. The number of benzene rings is 3. The monoisotopic (exact) mass is 272 g/mol. The molecule has 0 aliphatic heterocycles. The fourth-order valence-electron chi connectivity index (χ4n) is 3.14. The van der Waals surface area contributed by atoms with Gasteiger partial charge in [0, 0.05) is 5.56 Å². The van der Waals surface area contributed by atoms with Crippen molar-refractivity contribution in [1.82, 2.24) is 0 Å². The number of hydrogen-bond acceptors (Lipinski definition) is 1. The number of rotatable bonds is 3. The maximum atomic E-state index is 13.0. The molecule has 0 amide bonds. The number of Topliss-reactive ketones (excluding diaryl/α,β-unsaturated/α-hetero) is 1. The minimum atomic E-state index is -0.274. The number of fused-ring (bicyclic) bond motifs is 1. The molecule has 1 nitrogen and oxygen atoms in total. The second kappa shape index (κ2) is 4.56. The van der Waals surface area contributed by atoms with Crippen LogP contribution in [-0.4, -0.2) is 5.78 Å². The molecule has 4 rings (SSSR count). The van der Waals surface area contributed by atoms with Gasteiger partial charge in [0.2, 0.25) is 0 Å². The van der Waals surface area contributed by atoms with Crippen molar-refractivity contribution in [3.05, 3.63) is 83.9 Å². The Morgan fingerprint density at radius 2 is 1.43 bits per heavy atom. The van der Waals surface area contributed by atoms with Crippen LogP contribution in [0.3, 0.4) is 0 Å². The lowest BCUT2D eigenvalue weighted by Crippen LogP contribution is -2.20. The van der Waals surface area contributed by atoms with Crippen LogP contribution < -0.4 is 0 Å². The highest BCUT2D eigenvalue weighted by Crippen LogP contribution is 2.50. The lowest BCUT2D eigenvalue weighted by molar-refractivity contribution is 0.0946. The van der Waals surface area contributed by atoms with Gasteiger partial charge in [-0.2, -0.15) is 0 Å². The summed E-state index contributed by atoms with van der Waals surface area (Å²) in [6.45, 7) is 0. The third kappa shape index (κ3) is 1.97. The maximum Gasteiger partial charge on any atom is 0.173 e. The first-order chi connectivity index (χ1) is 10.3. The average molecular weight is 272 g/mol. The smallest absolute Gasteiger partial charge is 0.173 e. The van der Waals surface area contributed by atoms with E-state index in [1.807, 2.05) is 48.5 Å². The fraction of sp³-hybridized carbons (Fsp3) is 0.150. The lowest BCUT2D eigenvalue weighted by Gasteiger charge is -2.15. The molecule has 0 unspecified atom stereocenters. The molecule has 1 heteroatoms. The molecule has 1 saturated carbocycles. The zero-order valence-electron chi connectivity index (χ0n) is 11.8. The Labute approximate surface area is 124 Å². The summed E-state index contributed by atoms with van der Waals surface area (Å²) >= 11 is 0. The summed E-state index contributed by atoms with van der Waals surface area (Å²) in [5.41, 5.74) is 1.71. The highest BCUT2D eigenvalue weighted by atomic mass is 16.1. The number of hydrogen-bond donors (Lipinski definition) is 0. The Morgan fingerprint density at radius 3 is 2.14 bits per heavy atom. The topological polar surface area (TPSA) is 17.1 Å². The van der Waals surface area contributed by atoms with Gasteiger partial charge in [0.15, 0.2) is 5.78 Å². The second-order valence-electron chi connectivity index (χ2n) is 5.84. The van der Waals surface area contributed by atoms with Crippen molar-refractivity contribution in [3.63, 3.8) is 0 Å². The molecule has 0 bridgehead atoms. The number of carbonyl (C=O) groups excluding carboxylic acids is 1. The molecule has 102 valence electrons. The SMILES string of the molecule is O=C(c1ccc2ccccc2c1)C1(c2ccccc2)CC1. The molecule has 0 atom stereocenters. The van der Waals surface area contributed by atoms with E-state index in [0.29, 0.717) is 0 Å². The van der Waals surface area contributed by atoms with Crippen LogP contribution >= 0.6 is 0 Å². The summed E-state index contributed by atoms with van der Waals surface area (Å²) in [5, 5.41) is 2.31. The Kier molecular flexibility index (Phi) is 2.68. The van der Waals surface area contributed by atoms with Gasteiger partial charge >= 0.3 is 0 Å². The molecule has 3 aromatic carbocycles. The van der Waals surface area contributed by atoms with E-state index in [4.69, 9.17) is 0 Å². The average Bonchev–Trinajstić information content (AvgIpc) is 3.36. The zero-order chi connectivity index (χ0) is 14.3.